The molecular weight excluding hydrogens is 262 g/mol. The van der Waals surface area contributed by atoms with E-state index in [1.54, 1.807) is 25.3 Å². The number of hydrogen-bond donors (Lipinski definition) is 1. The Hall–Kier alpha value is -1.88. The monoisotopic (exact) mass is 277 g/mol. The van der Waals surface area contributed by atoms with Gasteiger partial charge in [0, 0.05) is 4.90 Å². The topological polar surface area (TPSA) is 65.5 Å². The lowest BCUT2D eigenvalue weighted by Gasteiger charge is -2.09. The number of esters is 1. The van der Waals surface area contributed by atoms with Crippen molar-refractivity contribution in [3.63, 3.8) is 0 Å². The molecule has 0 unspecified atom stereocenters. The lowest BCUT2D eigenvalue weighted by atomic mass is 10.2. The summed E-state index contributed by atoms with van der Waals surface area (Å²) in [6, 6.07) is 9.09. The second-order valence-corrected chi connectivity index (χ2v) is 4.82. The van der Waals surface area contributed by atoms with Gasteiger partial charge < -0.3 is 14.9 Å². The van der Waals surface area contributed by atoms with Gasteiger partial charge in [-0.25, -0.2) is 4.79 Å². The van der Waals surface area contributed by atoms with E-state index in [1.807, 2.05) is 18.2 Å². The second kappa shape index (κ2) is 6.33. The summed E-state index contributed by atoms with van der Waals surface area (Å²) in [6.45, 7) is 2.10. The smallest absolute Gasteiger partial charge is 0.340 e. The maximum atomic E-state index is 11.7. The van der Waals surface area contributed by atoms with E-state index in [4.69, 9.17) is 14.9 Å². The molecule has 0 spiro atoms. The van der Waals surface area contributed by atoms with Gasteiger partial charge in [0.05, 0.1) is 29.9 Å². The molecule has 0 radical (unpaired) electrons. The van der Waals surface area contributed by atoms with Gasteiger partial charge in [-0.05, 0) is 31.2 Å². The average Bonchev–Trinajstić information content (AvgIpc) is 2.91. The maximum absolute atomic E-state index is 11.7. The van der Waals surface area contributed by atoms with Crippen molar-refractivity contribution in [3.8, 4) is 0 Å². The van der Waals surface area contributed by atoms with E-state index in [9.17, 15) is 4.79 Å². The van der Waals surface area contributed by atoms with Gasteiger partial charge in [0.2, 0.25) is 0 Å². The van der Waals surface area contributed by atoms with Gasteiger partial charge in [-0.2, -0.15) is 0 Å². The highest BCUT2D eigenvalue weighted by molar-refractivity contribution is 7.98. The van der Waals surface area contributed by atoms with Gasteiger partial charge in [0.1, 0.15) is 5.76 Å². The molecule has 100 valence electrons. The first-order valence-corrected chi connectivity index (χ1v) is 6.91. The molecule has 0 fully saturated rings. The van der Waals surface area contributed by atoms with Crippen molar-refractivity contribution in [2.45, 2.75) is 17.6 Å². The zero-order valence-electron chi connectivity index (χ0n) is 10.6. The summed E-state index contributed by atoms with van der Waals surface area (Å²) in [7, 11) is 0. The van der Waals surface area contributed by atoms with E-state index < -0.39 is 0 Å². The lowest BCUT2D eigenvalue weighted by Crippen LogP contribution is -2.08. The third-order valence-electron chi connectivity index (χ3n) is 2.51. The first-order valence-electron chi connectivity index (χ1n) is 5.93. The van der Waals surface area contributed by atoms with Crippen LogP contribution in [0.25, 0.3) is 0 Å². The third-order valence-corrected chi connectivity index (χ3v) is 3.61. The van der Waals surface area contributed by atoms with E-state index in [-0.39, 0.29) is 5.97 Å². The SMILES string of the molecule is CCOC(=O)c1cccc(SCc2ccco2)c1N. The van der Waals surface area contributed by atoms with Crippen molar-refractivity contribution in [2.24, 2.45) is 0 Å². The zero-order chi connectivity index (χ0) is 13.7. The number of thioether (sulfide) groups is 1. The minimum Gasteiger partial charge on any atom is -0.468 e. The summed E-state index contributed by atoms with van der Waals surface area (Å²) in [5.41, 5.74) is 6.87. The van der Waals surface area contributed by atoms with Crippen molar-refractivity contribution < 1.29 is 13.9 Å². The number of furan rings is 1. The summed E-state index contributed by atoms with van der Waals surface area (Å²) in [6.07, 6.45) is 1.63. The van der Waals surface area contributed by atoms with E-state index in [2.05, 4.69) is 0 Å². The van der Waals surface area contributed by atoms with Crippen LogP contribution in [0.5, 0.6) is 0 Å². The third kappa shape index (κ3) is 3.32. The fourth-order valence-corrected chi connectivity index (χ4v) is 2.50. The summed E-state index contributed by atoms with van der Waals surface area (Å²) in [5.74, 6) is 1.15. The van der Waals surface area contributed by atoms with Gasteiger partial charge >= 0.3 is 5.97 Å². The molecule has 1 aromatic carbocycles. The highest BCUT2D eigenvalue weighted by Gasteiger charge is 2.13. The Balaban J connectivity index is 2.13. The molecule has 1 aromatic heterocycles. The molecule has 5 heteroatoms. The standard InChI is InChI=1S/C14H15NO3S/c1-2-17-14(16)11-6-3-7-12(13(11)15)19-9-10-5-4-8-18-10/h3-8H,2,9,15H2,1H3. The van der Waals surface area contributed by atoms with Crippen LogP contribution in [0, 0.1) is 0 Å². The van der Waals surface area contributed by atoms with Gasteiger partial charge in [-0.1, -0.05) is 6.07 Å². The molecular formula is C14H15NO3S. The Morgan fingerprint density at radius 2 is 2.21 bits per heavy atom. The molecule has 2 N–H and O–H groups in total. The number of nitrogens with two attached hydrogens (primary N) is 1. The second-order valence-electron chi connectivity index (χ2n) is 3.81. The first-order chi connectivity index (χ1) is 9.22. The quantitative estimate of drug-likeness (QED) is 0.516. The van der Waals surface area contributed by atoms with Crippen LogP contribution in [0.1, 0.15) is 23.0 Å². The fraction of sp³-hybridized carbons (Fsp3) is 0.214. The Labute approximate surface area is 115 Å². The maximum Gasteiger partial charge on any atom is 0.340 e. The molecule has 0 saturated carbocycles. The predicted octanol–water partition coefficient (Wildman–Crippen LogP) is 3.33. The van der Waals surface area contributed by atoms with E-state index in [0.717, 1.165) is 10.7 Å². The van der Waals surface area contributed by atoms with Crippen LogP contribution >= 0.6 is 11.8 Å². The van der Waals surface area contributed by atoms with Crippen LogP contribution in [-0.4, -0.2) is 12.6 Å². The zero-order valence-corrected chi connectivity index (χ0v) is 11.4. The van der Waals surface area contributed by atoms with E-state index in [0.29, 0.717) is 23.6 Å². The molecule has 4 nitrogen and oxygen atoms in total. The summed E-state index contributed by atoms with van der Waals surface area (Å²) >= 11 is 1.53. The molecule has 2 aromatic rings. The number of carbonyl (C=O) groups is 1. The van der Waals surface area contributed by atoms with Crippen LogP contribution in [0.4, 0.5) is 5.69 Å². The van der Waals surface area contributed by atoms with Crippen LogP contribution < -0.4 is 5.73 Å². The van der Waals surface area contributed by atoms with Gasteiger partial charge in [-0.15, -0.1) is 11.8 Å². The minimum absolute atomic E-state index is 0.335. The number of benzene rings is 1. The highest BCUT2D eigenvalue weighted by Crippen LogP contribution is 2.30. The Morgan fingerprint density at radius 1 is 1.37 bits per heavy atom. The average molecular weight is 277 g/mol. The van der Waals surface area contributed by atoms with Gasteiger partial charge in [-0.3, -0.25) is 0 Å². The van der Waals surface area contributed by atoms with Crippen molar-refractivity contribution >= 4 is 23.4 Å². The van der Waals surface area contributed by atoms with Gasteiger partial charge in [0.15, 0.2) is 0 Å². The Bertz CT molecular complexity index is 552. The number of carbonyl (C=O) groups excluding carboxylic acids is 1. The Morgan fingerprint density at radius 3 is 2.89 bits per heavy atom. The molecule has 19 heavy (non-hydrogen) atoms. The van der Waals surface area contributed by atoms with Crippen LogP contribution in [0.15, 0.2) is 45.9 Å². The predicted molar refractivity (Wildman–Crippen MR) is 75.1 cm³/mol. The van der Waals surface area contributed by atoms with E-state index in [1.165, 1.54) is 11.8 Å². The number of hydrogen-bond acceptors (Lipinski definition) is 5. The van der Waals surface area contributed by atoms with Crippen molar-refractivity contribution in [1.29, 1.82) is 0 Å². The molecule has 2 rings (SSSR count). The van der Waals surface area contributed by atoms with Crippen LogP contribution in [-0.2, 0) is 10.5 Å². The molecule has 0 aliphatic rings. The largest absolute Gasteiger partial charge is 0.468 e. The molecule has 0 atom stereocenters. The molecule has 0 bridgehead atoms. The molecule has 0 amide bonds. The molecule has 0 aliphatic heterocycles. The fourth-order valence-electron chi connectivity index (χ4n) is 1.60. The number of rotatable bonds is 5. The number of anilines is 1. The molecule has 0 saturated heterocycles. The molecule has 0 aliphatic carbocycles. The van der Waals surface area contributed by atoms with Crippen LogP contribution in [0.2, 0.25) is 0 Å². The highest BCUT2D eigenvalue weighted by atomic mass is 32.2. The van der Waals surface area contributed by atoms with Crippen molar-refractivity contribution in [3.05, 3.63) is 47.9 Å². The van der Waals surface area contributed by atoms with Crippen molar-refractivity contribution in [1.82, 2.24) is 0 Å². The summed E-state index contributed by atoms with van der Waals surface area (Å²) in [5, 5.41) is 0. The lowest BCUT2D eigenvalue weighted by molar-refractivity contribution is 0.0527. The number of para-hydroxylation sites is 1. The number of ether oxygens (including phenoxy) is 1. The summed E-state index contributed by atoms with van der Waals surface area (Å²) in [4.78, 5) is 12.6. The van der Waals surface area contributed by atoms with E-state index >= 15 is 0 Å². The minimum atomic E-state index is -0.388. The normalized spacial score (nSPS) is 10.4. The van der Waals surface area contributed by atoms with Crippen molar-refractivity contribution in [2.75, 3.05) is 12.3 Å². The first kappa shape index (κ1) is 13.5. The molecule has 1 heterocycles. The van der Waals surface area contributed by atoms with Crippen LogP contribution in [0.3, 0.4) is 0 Å². The Kier molecular flexibility index (Phi) is 4.52. The van der Waals surface area contributed by atoms with Gasteiger partial charge in [0.25, 0.3) is 0 Å². The number of nitrogen functional groups attached to an aromatic ring is 1. The summed E-state index contributed by atoms with van der Waals surface area (Å²) < 4.78 is 10.2.